The predicted molar refractivity (Wildman–Crippen MR) is 205 cm³/mol. The van der Waals surface area contributed by atoms with Gasteiger partial charge in [0.2, 0.25) is 0 Å². The molecule has 0 bridgehead atoms. The van der Waals surface area contributed by atoms with Gasteiger partial charge in [-0.15, -0.1) is 11.3 Å². The van der Waals surface area contributed by atoms with Gasteiger partial charge in [0, 0.05) is 33.2 Å². The lowest BCUT2D eigenvalue weighted by molar-refractivity contribution is 0.669. The van der Waals surface area contributed by atoms with Crippen LogP contribution in [0.25, 0.3) is 98.8 Å². The summed E-state index contributed by atoms with van der Waals surface area (Å²) in [6.45, 7) is 0. The molecule has 0 aliphatic carbocycles. The molecule has 6 heteroatoms. The second-order valence-corrected chi connectivity index (χ2v) is 13.3. The van der Waals surface area contributed by atoms with Crippen LogP contribution in [-0.4, -0.2) is 19.9 Å². The van der Waals surface area contributed by atoms with Crippen molar-refractivity contribution in [1.82, 2.24) is 19.9 Å². The third kappa shape index (κ3) is 4.85. The molecule has 10 rings (SSSR count). The van der Waals surface area contributed by atoms with Crippen molar-refractivity contribution in [3.63, 3.8) is 0 Å². The van der Waals surface area contributed by atoms with Crippen molar-refractivity contribution in [2.75, 3.05) is 0 Å². The van der Waals surface area contributed by atoms with E-state index in [1.807, 2.05) is 72.8 Å². The fraction of sp³-hybridized carbons (Fsp3) is 0. The van der Waals surface area contributed by atoms with E-state index in [-0.39, 0.29) is 0 Å². The van der Waals surface area contributed by atoms with Gasteiger partial charge in [-0.25, -0.2) is 19.9 Å². The normalized spacial score (nSPS) is 11.6. The first-order valence-corrected chi connectivity index (χ1v) is 17.3. The summed E-state index contributed by atoms with van der Waals surface area (Å²) in [5.41, 5.74) is 8.68. The van der Waals surface area contributed by atoms with Gasteiger partial charge in [0.25, 0.3) is 0 Å². The van der Waals surface area contributed by atoms with Gasteiger partial charge >= 0.3 is 0 Å². The van der Waals surface area contributed by atoms with Gasteiger partial charge in [-0.3, -0.25) is 0 Å². The first-order chi connectivity index (χ1) is 24.7. The first kappa shape index (κ1) is 28.5. The van der Waals surface area contributed by atoms with E-state index in [0.29, 0.717) is 17.5 Å². The van der Waals surface area contributed by atoms with Gasteiger partial charge in [0.1, 0.15) is 16.2 Å². The van der Waals surface area contributed by atoms with E-state index < -0.39 is 0 Å². The molecule has 0 saturated carbocycles. The Morgan fingerprint density at radius 2 is 0.980 bits per heavy atom. The lowest BCUT2D eigenvalue weighted by Gasteiger charge is -2.09. The Hall–Kier alpha value is -6.50. The average Bonchev–Trinajstić information content (AvgIpc) is 3.80. The maximum absolute atomic E-state index is 6.44. The fourth-order valence-corrected chi connectivity index (χ4v) is 7.78. The number of hydrogen-bond donors (Lipinski definition) is 0. The van der Waals surface area contributed by atoms with Crippen LogP contribution in [0, 0.1) is 0 Å². The first-order valence-electron chi connectivity index (χ1n) is 16.5. The van der Waals surface area contributed by atoms with Crippen molar-refractivity contribution in [1.29, 1.82) is 0 Å². The minimum absolute atomic E-state index is 0.624. The highest BCUT2D eigenvalue weighted by Crippen LogP contribution is 2.44. The van der Waals surface area contributed by atoms with Gasteiger partial charge < -0.3 is 4.42 Å². The quantitative estimate of drug-likeness (QED) is 0.184. The highest BCUT2D eigenvalue weighted by Gasteiger charge is 2.20. The minimum atomic E-state index is 0.624. The van der Waals surface area contributed by atoms with Crippen LogP contribution in [0.2, 0.25) is 0 Å². The molecule has 0 aliphatic rings. The molecule has 0 amide bonds. The summed E-state index contributed by atoms with van der Waals surface area (Å²) in [6, 6.07) is 53.9. The molecule has 0 fully saturated rings. The van der Waals surface area contributed by atoms with Gasteiger partial charge in [-0.05, 0) is 34.5 Å². The highest BCUT2D eigenvalue weighted by molar-refractivity contribution is 7.22. The molecule has 0 aliphatic heterocycles. The molecule has 3 aromatic heterocycles. The number of thiazole rings is 1. The summed E-state index contributed by atoms with van der Waals surface area (Å²) in [7, 11) is 0. The molecule has 3 heterocycles. The van der Waals surface area contributed by atoms with E-state index in [2.05, 4.69) is 84.9 Å². The van der Waals surface area contributed by atoms with Gasteiger partial charge in [0.05, 0.1) is 15.6 Å². The Labute approximate surface area is 291 Å². The van der Waals surface area contributed by atoms with Gasteiger partial charge in [0.15, 0.2) is 17.5 Å². The Kier molecular flexibility index (Phi) is 6.60. The van der Waals surface area contributed by atoms with Crippen molar-refractivity contribution < 1.29 is 4.42 Å². The molecule has 0 saturated heterocycles. The predicted octanol–water partition coefficient (Wildman–Crippen LogP) is 11.9. The summed E-state index contributed by atoms with van der Waals surface area (Å²) in [5, 5.41) is 5.51. The van der Waals surface area contributed by atoms with Gasteiger partial charge in [-0.1, -0.05) is 140 Å². The third-order valence-electron chi connectivity index (χ3n) is 9.16. The Balaban J connectivity index is 1.13. The van der Waals surface area contributed by atoms with Crippen LogP contribution in [0.15, 0.2) is 162 Å². The van der Waals surface area contributed by atoms with Crippen LogP contribution in [0.4, 0.5) is 0 Å². The molecule has 50 heavy (non-hydrogen) atoms. The second-order valence-electron chi connectivity index (χ2n) is 12.3. The molecule has 0 spiro atoms. The summed E-state index contributed by atoms with van der Waals surface area (Å²) >= 11 is 1.72. The molecule has 0 radical (unpaired) electrons. The Morgan fingerprint density at radius 3 is 1.68 bits per heavy atom. The number of furan rings is 1. The number of hydrogen-bond acceptors (Lipinski definition) is 6. The van der Waals surface area contributed by atoms with Crippen LogP contribution in [0.3, 0.4) is 0 Å². The van der Waals surface area contributed by atoms with E-state index in [4.69, 9.17) is 24.4 Å². The number of nitrogens with zero attached hydrogens (tertiary/aromatic N) is 4. The lowest BCUT2D eigenvalue weighted by atomic mass is 10.0. The number of benzene rings is 7. The molecular formula is C44H26N4OS. The van der Waals surface area contributed by atoms with Crippen molar-refractivity contribution >= 4 is 54.3 Å². The Bertz CT molecular complexity index is 2800. The summed E-state index contributed by atoms with van der Waals surface area (Å²) < 4.78 is 7.56. The zero-order chi connectivity index (χ0) is 33.0. The van der Waals surface area contributed by atoms with Crippen LogP contribution in [-0.2, 0) is 0 Å². The summed E-state index contributed by atoms with van der Waals surface area (Å²) in [6.07, 6.45) is 0. The summed E-state index contributed by atoms with van der Waals surface area (Å²) in [4.78, 5) is 20.0. The number of fused-ring (bicyclic) bond motifs is 6. The largest absolute Gasteiger partial charge is 0.456 e. The zero-order valence-corrected chi connectivity index (χ0v) is 27.4. The van der Waals surface area contributed by atoms with E-state index in [9.17, 15) is 0 Å². The molecule has 7 aromatic carbocycles. The number of para-hydroxylation sites is 1. The summed E-state index contributed by atoms with van der Waals surface area (Å²) in [5.74, 6) is 1.90. The average molecular weight is 659 g/mol. The topological polar surface area (TPSA) is 64.7 Å². The monoisotopic (exact) mass is 658 g/mol. The maximum atomic E-state index is 6.44. The lowest BCUT2D eigenvalue weighted by Crippen LogP contribution is -2.00. The molecular weight excluding hydrogens is 633 g/mol. The zero-order valence-electron chi connectivity index (χ0n) is 26.6. The molecule has 234 valence electrons. The highest BCUT2D eigenvalue weighted by atomic mass is 32.1. The Morgan fingerprint density at radius 1 is 0.420 bits per heavy atom. The van der Waals surface area contributed by atoms with Crippen LogP contribution < -0.4 is 0 Å². The molecule has 0 atom stereocenters. The number of rotatable bonds is 5. The molecule has 5 nitrogen and oxygen atoms in total. The molecule has 0 N–H and O–H groups in total. The van der Waals surface area contributed by atoms with Crippen molar-refractivity contribution in [3.8, 4) is 55.9 Å². The van der Waals surface area contributed by atoms with E-state index in [1.165, 1.54) is 10.8 Å². The van der Waals surface area contributed by atoms with Crippen LogP contribution >= 0.6 is 11.3 Å². The third-order valence-corrected chi connectivity index (χ3v) is 10.3. The molecule has 10 aromatic rings. The maximum Gasteiger partial charge on any atom is 0.164 e. The van der Waals surface area contributed by atoms with E-state index in [1.54, 1.807) is 11.3 Å². The van der Waals surface area contributed by atoms with Crippen LogP contribution in [0.1, 0.15) is 0 Å². The number of aromatic nitrogens is 4. The van der Waals surface area contributed by atoms with Crippen molar-refractivity contribution in [2.24, 2.45) is 0 Å². The molecule has 0 unspecified atom stereocenters. The second kappa shape index (κ2) is 11.6. The van der Waals surface area contributed by atoms with Crippen molar-refractivity contribution in [3.05, 3.63) is 158 Å². The SMILES string of the molecule is c1ccc(-c2nc(-c3ccccc3)nc(-c3ccc(-c4cc5oc6ccccc6c5c5nc(-c6ccc7ccccc7c6)sc45)cc3)n2)cc1. The minimum Gasteiger partial charge on any atom is -0.456 e. The van der Waals surface area contributed by atoms with Crippen LogP contribution in [0.5, 0.6) is 0 Å². The smallest absolute Gasteiger partial charge is 0.164 e. The van der Waals surface area contributed by atoms with E-state index in [0.717, 1.165) is 70.5 Å². The van der Waals surface area contributed by atoms with E-state index >= 15 is 0 Å². The van der Waals surface area contributed by atoms with Gasteiger partial charge in [-0.2, -0.15) is 0 Å². The standard InChI is InChI=1S/C44H26N4OS/c1-3-12-29(13-4-1)41-46-42(30-14-5-2-6-15-30)48-43(47-41)31-22-20-28(21-23-31)35-26-37-38(34-17-9-10-18-36(34)49-37)39-40(35)50-44(45-39)33-24-19-27-11-7-8-16-32(27)25-33/h1-26H. The fourth-order valence-electron chi connectivity index (χ4n) is 6.68. The van der Waals surface area contributed by atoms with Crippen molar-refractivity contribution in [2.45, 2.75) is 0 Å².